The van der Waals surface area contributed by atoms with E-state index >= 15 is 0 Å². The molecule has 0 radical (unpaired) electrons. The number of methoxy groups -OCH3 is 1. The molecule has 0 aliphatic rings. The van der Waals surface area contributed by atoms with Gasteiger partial charge in [0.15, 0.2) is 0 Å². The Morgan fingerprint density at radius 1 is 1.50 bits per heavy atom. The van der Waals surface area contributed by atoms with Gasteiger partial charge in [-0.15, -0.1) is 0 Å². The van der Waals surface area contributed by atoms with Crippen LogP contribution in [0.25, 0.3) is 0 Å². The molecule has 1 atom stereocenters. The van der Waals surface area contributed by atoms with Crippen molar-refractivity contribution in [2.45, 2.75) is 26.2 Å². The van der Waals surface area contributed by atoms with Gasteiger partial charge in [0.2, 0.25) is 5.91 Å². The molecule has 0 spiro atoms. The molecule has 1 unspecified atom stereocenters. The molecule has 0 saturated carbocycles. The molecule has 4 nitrogen and oxygen atoms in total. The Hall–Kier alpha value is -0.610. The van der Waals surface area contributed by atoms with Crippen molar-refractivity contribution in [1.29, 1.82) is 0 Å². The fourth-order valence-electron chi connectivity index (χ4n) is 1.16. The highest BCUT2D eigenvalue weighted by atomic mass is 16.5. The second kappa shape index (κ2) is 8.97. The number of ether oxygens (including phenoxy) is 1. The summed E-state index contributed by atoms with van der Waals surface area (Å²) in [5, 5.41) is 2.87. The molecule has 0 aromatic heterocycles. The number of nitrogens with two attached hydrogens (primary N) is 1. The van der Waals surface area contributed by atoms with Gasteiger partial charge in [0.25, 0.3) is 0 Å². The molecule has 0 heterocycles. The maximum atomic E-state index is 11.4. The molecule has 0 rings (SSSR count). The Morgan fingerprint density at radius 2 is 2.21 bits per heavy atom. The van der Waals surface area contributed by atoms with Crippen molar-refractivity contribution >= 4 is 5.91 Å². The fraction of sp³-hybridized carbons (Fsp3) is 0.900. The van der Waals surface area contributed by atoms with Crippen molar-refractivity contribution in [3.8, 4) is 0 Å². The predicted octanol–water partition coefficient (Wildman–Crippen LogP) is 0.514. The monoisotopic (exact) mass is 202 g/mol. The zero-order chi connectivity index (χ0) is 10.8. The minimum absolute atomic E-state index is 0.0705. The number of carbonyl (C=O) groups excluding carboxylic acids is 1. The zero-order valence-corrected chi connectivity index (χ0v) is 9.21. The Kier molecular flexibility index (Phi) is 8.57. The second-order valence-electron chi connectivity index (χ2n) is 3.47. The van der Waals surface area contributed by atoms with E-state index in [9.17, 15) is 4.79 Å². The maximum Gasteiger partial charge on any atom is 0.222 e. The molecule has 14 heavy (non-hydrogen) atoms. The summed E-state index contributed by atoms with van der Waals surface area (Å²) in [5.74, 6) is 0.190. The summed E-state index contributed by atoms with van der Waals surface area (Å²) < 4.78 is 4.88. The molecule has 3 N–H and O–H groups in total. The number of rotatable bonds is 8. The van der Waals surface area contributed by atoms with E-state index in [1.807, 2.05) is 6.92 Å². The smallest absolute Gasteiger partial charge is 0.222 e. The van der Waals surface area contributed by atoms with E-state index in [2.05, 4.69) is 5.32 Å². The van der Waals surface area contributed by atoms with E-state index < -0.39 is 0 Å². The van der Waals surface area contributed by atoms with Gasteiger partial charge in [0.05, 0.1) is 0 Å². The standard InChI is InChI=1S/C10H22N2O2/c1-9(5-3-6-11)10(13)12-7-4-8-14-2/h9H,3-8,11H2,1-2H3,(H,12,13). The van der Waals surface area contributed by atoms with Crippen molar-refractivity contribution < 1.29 is 9.53 Å². The molecule has 0 aromatic carbocycles. The summed E-state index contributed by atoms with van der Waals surface area (Å²) in [5.41, 5.74) is 5.37. The average Bonchev–Trinajstić information content (AvgIpc) is 2.20. The van der Waals surface area contributed by atoms with Crippen LogP contribution in [0, 0.1) is 5.92 Å². The third-order valence-corrected chi connectivity index (χ3v) is 2.11. The molecule has 0 bridgehead atoms. The normalized spacial score (nSPS) is 12.5. The lowest BCUT2D eigenvalue weighted by Gasteiger charge is -2.11. The molecule has 0 aromatic rings. The first-order chi connectivity index (χ1) is 6.72. The maximum absolute atomic E-state index is 11.4. The quantitative estimate of drug-likeness (QED) is 0.564. The third kappa shape index (κ3) is 6.86. The first kappa shape index (κ1) is 13.4. The number of hydrogen-bond donors (Lipinski definition) is 2. The number of carbonyl (C=O) groups is 1. The minimum Gasteiger partial charge on any atom is -0.385 e. The van der Waals surface area contributed by atoms with E-state index in [1.165, 1.54) is 0 Å². The van der Waals surface area contributed by atoms with Gasteiger partial charge in [-0.3, -0.25) is 4.79 Å². The lowest BCUT2D eigenvalue weighted by Crippen LogP contribution is -2.30. The number of hydrogen-bond acceptors (Lipinski definition) is 3. The van der Waals surface area contributed by atoms with Crippen LogP contribution >= 0.6 is 0 Å². The first-order valence-electron chi connectivity index (χ1n) is 5.19. The van der Waals surface area contributed by atoms with Crippen LogP contribution in [0.4, 0.5) is 0 Å². The fourth-order valence-corrected chi connectivity index (χ4v) is 1.16. The third-order valence-electron chi connectivity index (χ3n) is 2.11. The van der Waals surface area contributed by atoms with Crippen LogP contribution in [0.3, 0.4) is 0 Å². The average molecular weight is 202 g/mol. The second-order valence-corrected chi connectivity index (χ2v) is 3.47. The molecule has 0 aliphatic carbocycles. The summed E-state index contributed by atoms with van der Waals surface area (Å²) in [6.07, 6.45) is 2.64. The molecular formula is C10H22N2O2. The van der Waals surface area contributed by atoms with Crippen molar-refractivity contribution in [2.75, 3.05) is 26.8 Å². The molecule has 0 fully saturated rings. The zero-order valence-electron chi connectivity index (χ0n) is 9.21. The molecule has 0 saturated heterocycles. The van der Waals surface area contributed by atoms with Crippen LogP contribution in [0.2, 0.25) is 0 Å². The first-order valence-corrected chi connectivity index (χ1v) is 5.19. The number of nitrogens with one attached hydrogen (secondary N) is 1. The van der Waals surface area contributed by atoms with Gasteiger partial charge >= 0.3 is 0 Å². The number of amides is 1. The van der Waals surface area contributed by atoms with Crippen LogP contribution in [-0.4, -0.2) is 32.7 Å². The summed E-state index contributed by atoms with van der Waals surface area (Å²) in [7, 11) is 1.66. The highest BCUT2D eigenvalue weighted by Gasteiger charge is 2.10. The van der Waals surface area contributed by atoms with E-state index in [0.717, 1.165) is 19.3 Å². The highest BCUT2D eigenvalue weighted by Crippen LogP contribution is 2.03. The largest absolute Gasteiger partial charge is 0.385 e. The van der Waals surface area contributed by atoms with Gasteiger partial charge in [-0.1, -0.05) is 6.92 Å². The Labute approximate surface area is 86.2 Å². The molecule has 0 aliphatic heterocycles. The van der Waals surface area contributed by atoms with Gasteiger partial charge in [-0.25, -0.2) is 0 Å². The van der Waals surface area contributed by atoms with Crippen molar-refractivity contribution in [3.05, 3.63) is 0 Å². The SMILES string of the molecule is COCCCNC(=O)C(C)CCCN. The molecule has 4 heteroatoms. The van der Waals surface area contributed by atoms with Gasteiger partial charge < -0.3 is 15.8 Å². The lowest BCUT2D eigenvalue weighted by molar-refractivity contribution is -0.124. The lowest BCUT2D eigenvalue weighted by atomic mass is 10.1. The molecule has 1 amide bonds. The summed E-state index contributed by atoms with van der Waals surface area (Å²) in [4.78, 5) is 11.4. The molecular weight excluding hydrogens is 180 g/mol. The van der Waals surface area contributed by atoms with Gasteiger partial charge in [0.1, 0.15) is 0 Å². The summed E-state index contributed by atoms with van der Waals surface area (Å²) in [6, 6.07) is 0. The predicted molar refractivity (Wildman–Crippen MR) is 57.0 cm³/mol. The van der Waals surface area contributed by atoms with Crippen LogP contribution < -0.4 is 11.1 Å². The van der Waals surface area contributed by atoms with Gasteiger partial charge in [-0.05, 0) is 25.8 Å². The summed E-state index contributed by atoms with van der Waals surface area (Å²) in [6.45, 7) is 3.97. The van der Waals surface area contributed by atoms with Crippen LogP contribution in [0.15, 0.2) is 0 Å². The van der Waals surface area contributed by atoms with Crippen LogP contribution in [0.5, 0.6) is 0 Å². The molecule has 84 valence electrons. The van der Waals surface area contributed by atoms with Crippen molar-refractivity contribution in [3.63, 3.8) is 0 Å². The summed E-state index contributed by atoms with van der Waals surface area (Å²) >= 11 is 0. The van der Waals surface area contributed by atoms with E-state index in [1.54, 1.807) is 7.11 Å². The Bertz CT molecular complexity index is 151. The van der Waals surface area contributed by atoms with E-state index in [-0.39, 0.29) is 11.8 Å². The van der Waals surface area contributed by atoms with E-state index in [4.69, 9.17) is 10.5 Å². The van der Waals surface area contributed by atoms with Gasteiger partial charge in [0, 0.05) is 26.2 Å². The topological polar surface area (TPSA) is 64.3 Å². The van der Waals surface area contributed by atoms with Crippen molar-refractivity contribution in [2.24, 2.45) is 11.7 Å². The van der Waals surface area contributed by atoms with E-state index in [0.29, 0.717) is 19.7 Å². The van der Waals surface area contributed by atoms with Crippen LogP contribution in [0.1, 0.15) is 26.2 Å². The van der Waals surface area contributed by atoms with Crippen molar-refractivity contribution in [1.82, 2.24) is 5.32 Å². The Morgan fingerprint density at radius 3 is 2.79 bits per heavy atom. The van der Waals surface area contributed by atoms with Gasteiger partial charge in [-0.2, -0.15) is 0 Å². The highest BCUT2D eigenvalue weighted by molar-refractivity contribution is 5.78. The van der Waals surface area contributed by atoms with Crippen LogP contribution in [-0.2, 0) is 9.53 Å². The Balaban J connectivity index is 3.42. The minimum atomic E-state index is 0.0705.